The van der Waals surface area contributed by atoms with E-state index in [1.54, 1.807) is 11.3 Å². The summed E-state index contributed by atoms with van der Waals surface area (Å²) in [5, 5.41) is 13.8. The lowest BCUT2D eigenvalue weighted by atomic mass is 10.7. The van der Waals surface area contributed by atoms with Crippen molar-refractivity contribution in [3.05, 3.63) is 22.5 Å². The summed E-state index contributed by atoms with van der Waals surface area (Å²) in [6.45, 7) is 1.85. The van der Waals surface area contributed by atoms with Gasteiger partial charge in [-0.2, -0.15) is 0 Å². The molecule has 2 aromatic rings. The Morgan fingerprint density at radius 1 is 1.56 bits per heavy atom. The summed E-state index contributed by atoms with van der Waals surface area (Å²) >= 11 is 4.54. The molecule has 0 unspecified atom stereocenters. The molecule has 1 N–H and O–H groups in total. The number of aromatic nitrogens is 2. The minimum absolute atomic E-state index is 0.0467. The Bertz CT molecular complexity index is 466. The number of thioether (sulfide) groups is 1. The summed E-state index contributed by atoms with van der Waals surface area (Å²) in [5.74, 6) is 0.355. The second-order valence-corrected chi connectivity index (χ2v) is 6.30. The van der Waals surface area contributed by atoms with Crippen LogP contribution in [-0.4, -0.2) is 21.9 Å². The van der Waals surface area contributed by atoms with Crippen molar-refractivity contribution in [2.24, 2.45) is 0 Å². The normalized spacial score (nSPS) is 10.3. The lowest BCUT2D eigenvalue weighted by Gasteiger charge is -1.98. The van der Waals surface area contributed by atoms with E-state index in [0.29, 0.717) is 10.9 Å². The molecule has 1 amide bonds. The van der Waals surface area contributed by atoms with E-state index < -0.39 is 0 Å². The molecule has 4 nitrogen and oxygen atoms in total. The zero-order chi connectivity index (χ0) is 11.4. The number of rotatable bonds is 4. The molecule has 0 fully saturated rings. The lowest BCUT2D eigenvalue weighted by molar-refractivity contribution is -0.113. The molecule has 0 aromatic carbocycles. The van der Waals surface area contributed by atoms with E-state index >= 15 is 0 Å². The lowest BCUT2D eigenvalue weighted by Crippen LogP contribution is -2.13. The molecule has 7 heteroatoms. The summed E-state index contributed by atoms with van der Waals surface area (Å²) in [4.78, 5) is 11.5. The quantitative estimate of drug-likeness (QED) is 0.869. The van der Waals surface area contributed by atoms with Crippen LogP contribution in [0.15, 0.2) is 21.7 Å². The molecule has 0 saturated heterocycles. The van der Waals surface area contributed by atoms with Gasteiger partial charge in [0.1, 0.15) is 5.01 Å². The highest BCUT2D eigenvalue weighted by molar-refractivity contribution is 8.01. The molecule has 16 heavy (non-hydrogen) atoms. The van der Waals surface area contributed by atoms with Gasteiger partial charge in [-0.3, -0.25) is 10.1 Å². The monoisotopic (exact) mass is 271 g/mol. The molecule has 0 spiro atoms. The standard InChI is InChI=1S/C9H9N3OS3/c1-6-11-12-9(16-6)10-7(13)5-15-8-3-2-4-14-8/h2-4H,5H2,1H3,(H,10,12,13). The van der Waals surface area contributed by atoms with Gasteiger partial charge in [-0.1, -0.05) is 17.4 Å². The van der Waals surface area contributed by atoms with Crippen LogP contribution in [0.1, 0.15) is 5.01 Å². The van der Waals surface area contributed by atoms with Crippen molar-refractivity contribution >= 4 is 45.5 Å². The Morgan fingerprint density at radius 2 is 2.44 bits per heavy atom. The zero-order valence-corrected chi connectivity index (χ0v) is 10.9. The Hall–Kier alpha value is -0.920. The van der Waals surface area contributed by atoms with Gasteiger partial charge in [-0.25, -0.2) is 0 Å². The van der Waals surface area contributed by atoms with Gasteiger partial charge < -0.3 is 0 Å². The van der Waals surface area contributed by atoms with Crippen LogP contribution in [0.2, 0.25) is 0 Å². The molecule has 0 radical (unpaired) electrons. The molecule has 0 saturated carbocycles. The third kappa shape index (κ3) is 3.29. The van der Waals surface area contributed by atoms with Crippen LogP contribution in [0.4, 0.5) is 5.13 Å². The number of aryl methyl sites for hydroxylation is 1. The van der Waals surface area contributed by atoms with Crippen LogP contribution < -0.4 is 5.32 Å². The first kappa shape index (κ1) is 11.6. The largest absolute Gasteiger partial charge is 0.300 e. The fraction of sp³-hybridized carbons (Fsp3) is 0.222. The highest BCUT2D eigenvalue weighted by Crippen LogP contribution is 2.23. The van der Waals surface area contributed by atoms with Crippen LogP contribution >= 0.6 is 34.4 Å². The van der Waals surface area contributed by atoms with Crippen LogP contribution in [0.5, 0.6) is 0 Å². The fourth-order valence-electron chi connectivity index (χ4n) is 0.985. The molecule has 0 aliphatic carbocycles. The van der Waals surface area contributed by atoms with E-state index in [0.717, 1.165) is 9.22 Å². The van der Waals surface area contributed by atoms with Gasteiger partial charge in [0.25, 0.3) is 0 Å². The summed E-state index contributed by atoms with van der Waals surface area (Å²) in [7, 11) is 0. The van der Waals surface area contributed by atoms with Gasteiger partial charge in [-0.15, -0.1) is 33.3 Å². The first-order chi connectivity index (χ1) is 7.74. The van der Waals surface area contributed by atoms with Crippen molar-refractivity contribution in [3.63, 3.8) is 0 Å². The molecule has 84 valence electrons. The number of anilines is 1. The summed E-state index contributed by atoms with van der Waals surface area (Å²) in [5.41, 5.74) is 0. The van der Waals surface area contributed by atoms with Crippen molar-refractivity contribution in [2.75, 3.05) is 11.1 Å². The number of nitrogens with one attached hydrogen (secondary N) is 1. The first-order valence-corrected chi connectivity index (χ1v) is 7.18. The Balaban J connectivity index is 1.81. The Kier molecular flexibility index (Phi) is 3.92. The number of nitrogens with zero attached hydrogens (tertiary/aromatic N) is 2. The minimum atomic E-state index is -0.0467. The predicted octanol–water partition coefficient (Wildman–Crippen LogP) is 2.64. The number of carbonyl (C=O) groups is 1. The van der Waals surface area contributed by atoms with Gasteiger partial charge in [0, 0.05) is 0 Å². The topological polar surface area (TPSA) is 54.9 Å². The predicted molar refractivity (Wildman–Crippen MR) is 68.3 cm³/mol. The second kappa shape index (κ2) is 5.42. The third-order valence-corrected chi connectivity index (χ3v) is 4.50. The molecule has 2 heterocycles. The SMILES string of the molecule is Cc1nnc(NC(=O)CSc2cccs2)s1. The van der Waals surface area contributed by atoms with Crippen molar-refractivity contribution in [3.8, 4) is 0 Å². The molecule has 0 atom stereocenters. The summed E-state index contributed by atoms with van der Waals surface area (Å²) in [6.07, 6.45) is 0. The minimum Gasteiger partial charge on any atom is -0.300 e. The molecule has 2 aromatic heterocycles. The van der Waals surface area contributed by atoms with Crippen LogP contribution in [-0.2, 0) is 4.79 Å². The number of hydrogen-bond acceptors (Lipinski definition) is 6. The Labute approximate surface area is 105 Å². The molecule has 0 aliphatic heterocycles. The van der Waals surface area contributed by atoms with E-state index in [2.05, 4.69) is 15.5 Å². The van der Waals surface area contributed by atoms with Crippen molar-refractivity contribution in [1.82, 2.24) is 10.2 Å². The number of hydrogen-bond donors (Lipinski definition) is 1. The van der Waals surface area contributed by atoms with Crippen molar-refractivity contribution in [2.45, 2.75) is 11.1 Å². The molecule has 0 bridgehead atoms. The first-order valence-electron chi connectivity index (χ1n) is 4.50. The van der Waals surface area contributed by atoms with Crippen molar-refractivity contribution in [1.29, 1.82) is 0 Å². The average molecular weight is 271 g/mol. The van der Waals surface area contributed by atoms with E-state index in [4.69, 9.17) is 0 Å². The third-order valence-electron chi connectivity index (χ3n) is 1.61. The van der Waals surface area contributed by atoms with Crippen molar-refractivity contribution < 1.29 is 4.79 Å². The van der Waals surface area contributed by atoms with E-state index in [1.807, 2.05) is 24.4 Å². The van der Waals surface area contributed by atoms with E-state index in [9.17, 15) is 4.79 Å². The van der Waals surface area contributed by atoms with Gasteiger partial charge in [0.15, 0.2) is 0 Å². The molecule has 0 aliphatic rings. The number of amides is 1. The second-order valence-electron chi connectivity index (χ2n) is 2.90. The maximum Gasteiger partial charge on any atom is 0.236 e. The highest BCUT2D eigenvalue weighted by Gasteiger charge is 2.07. The smallest absolute Gasteiger partial charge is 0.236 e. The van der Waals surface area contributed by atoms with Gasteiger partial charge >= 0.3 is 0 Å². The van der Waals surface area contributed by atoms with Crippen LogP contribution in [0.3, 0.4) is 0 Å². The molecular formula is C9H9N3OS3. The molecule has 2 rings (SSSR count). The zero-order valence-electron chi connectivity index (χ0n) is 8.47. The maximum absolute atomic E-state index is 11.5. The van der Waals surface area contributed by atoms with Crippen LogP contribution in [0.25, 0.3) is 0 Å². The van der Waals surface area contributed by atoms with E-state index in [1.165, 1.54) is 23.1 Å². The maximum atomic E-state index is 11.5. The van der Waals surface area contributed by atoms with Gasteiger partial charge in [0.05, 0.1) is 9.96 Å². The summed E-state index contributed by atoms with van der Waals surface area (Å²) < 4.78 is 1.14. The number of thiophene rings is 1. The average Bonchev–Trinajstić information content (AvgIpc) is 2.87. The number of carbonyl (C=O) groups excluding carboxylic acids is 1. The van der Waals surface area contributed by atoms with Crippen LogP contribution in [0, 0.1) is 6.92 Å². The molecular weight excluding hydrogens is 262 g/mol. The summed E-state index contributed by atoms with van der Waals surface area (Å²) in [6, 6.07) is 3.97. The Morgan fingerprint density at radius 3 is 3.06 bits per heavy atom. The van der Waals surface area contributed by atoms with E-state index in [-0.39, 0.29) is 5.91 Å². The van der Waals surface area contributed by atoms with Gasteiger partial charge in [0.2, 0.25) is 11.0 Å². The van der Waals surface area contributed by atoms with Gasteiger partial charge in [-0.05, 0) is 18.4 Å². The highest BCUT2D eigenvalue weighted by atomic mass is 32.2. The fourth-order valence-corrected chi connectivity index (χ4v) is 3.18.